The van der Waals surface area contributed by atoms with Crippen LogP contribution in [0.25, 0.3) is 0 Å². The third-order valence-corrected chi connectivity index (χ3v) is 3.95. The number of nitrogens with zero attached hydrogens (tertiary/aromatic N) is 1. The molecule has 2 rings (SSSR count). The Morgan fingerprint density at radius 3 is 2.59 bits per heavy atom. The summed E-state index contributed by atoms with van der Waals surface area (Å²) in [5.74, 6) is 0. The zero-order chi connectivity index (χ0) is 12.5. The normalized spacial score (nSPS) is 25.9. The van der Waals surface area contributed by atoms with Gasteiger partial charge in [0.15, 0.2) is 6.23 Å². The Kier molecular flexibility index (Phi) is 3.33. The maximum absolute atomic E-state index is 11.8. The van der Waals surface area contributed by atoms with E-state index in [1.54, 1.807) is 6.08 Å². The summed E-state index contributed by atoms with van der Waals surface area (Å²) in [6, 6.07) is 9.02. The molecular weight excluding hydrogens is 238 g/mol. The van der Waals surface area contributed by atoms with E-state index in [-0.39, 0.29) is 6.04 Å². The van der Waals surface area contributed by atoms with Gasteiger partial charge in [0.1, 0.15) is 0 Å². The SMILES string of the molecule is C=C[C@@H]1CO[C@H](c2ccccc2)N1S(C)(=O)=O. The summed E-state index contributed by atoms with van der Waals surface area (Å²) in [5, 5.41) is 0. The van der Waals surface area contributed by atoms with E-state index in [1.807, 2.05) is 30.3 Å². The second kappa shape index (κ2) is 4.60. The molecule has 0 aliphatic carbocycles. The molecule has 5 heteroatoms. The van der Waals surface area contributed by atoms with Gasteiger partial charge in [-0.25, -0.2) is 8.42 Å². The quantitative estimate of drug-likeness (QED) is 0.767. The van der Waals surface area contributed by atoms with Crippen LogP contribution in [0.4, 0.5) is 0 Å². The van der Waals surface area contributed by atoms with E-state index in [2.05, 4.69) is 6.58 Å². The first-order chi connectivity index (χ1) is 8.04. The molecular formula is C12H15NO3S. The van der Waals surface area contributed by atoms with Crippen molar-refractivity contribution in [2.75, 3.05) is 12.9 Å². The Bertz CT molecular complexity index is 498. The molecule has 92 valence electrons. The van der Waals surface area contributed by atoms with Crippen molar-refractivity contribution in [2.24, 2.45) is 0 Å². The Balaban J connectivity index is 2.39. The van der Waals surface area contributed by atoms with Crippen molar-refractivity contribution in [2.45, 2.75) is 12.3 Å². The maximum atomic E-state index is 11.8. The molecule has 0 amide bonds. The number of benzene rings is 1. The van der Waals surface area contributed by atoms with E-state index < -0.39 is 16.3 Å². The summed E-state index contributed by atoms with van der Waals surface area (Å²) >= 11 is 0. The van der Waals surface area contributed by atoms with Gasteiger partial charge in [0.2, 0.25) is 10.0 Å². The average molecular weight is 253 g/mol. The Morgan fingerprint density at radius 1 is 1.41 bits per heavy atom. The Morgan fingerprint density at radius 2 is 2.06 bits per heavy atom. The standard InChI is InChI=1S/C12H15NO3S/c1-3-11-9-16-12(13(11)17(2,14)15)10-7-5-4-6-8-10/h3-8,11-12H,1,9H2,2H3/t11-,12-/m1/s1. The number of rotatable bonds is 3. The minimum atomic E-state index is -3.32. The molecule has 4 nitrogen and oxygen atoms in total. The fraction of sp³-hybridized carbons (Fsp3) is 0.333. The highest BCUT2D eigenvalue weighted by Gasteiger charge is 2.39. The first-order valence-corrected chi connectivity index (χ1v) is 7.16. The van der Waals surface area contributed by atoms with Gasteiger partial charge in [0.25, 0.3) is 0 Å². The summed E-state index contributed by atoms with van der Waals surface area (Å²) in [5.41, 5.74) is 0.835. The zero-order valence-corrected chi connectivity index (χ0v) is 10.4. The molecule has 0 radical (unpaired) electrons. The number of sulfonamides is 1. The predicted octanol–water partition coefficient (Wildman–Crippen LogP) is 1.53. The molecule has 2 atom stereocenters. The molecule has 0 bridgehead atoms. The van der Waals surface area contributed by atoms with Gasteiger partial charge in [-0.1, -0.05) is 36.4 Å². The van der Waals surface area contributed by atoms with Crippen LogP contribution in [0, 0.1) is 0 Å². The van der Waals surface area contributed by atoms with Crippen molar-refractivity contribution < 1.29 is 13.2 Å². The van der Waals surface area contributed by atoms with Crippen molar-refractivity contribution in [3.05, 3.63) is 48.6 Å². The topological polar surface area (TPSA) is 46.6 Å². The molecule has 0 N–H and O–H groups in total. The van der Waals surface area contributed by atoms with Gasteiger partial charge in [-0.2, -0.15) is 4.31 Å². The summed E-state index contributed by atoms with van der Waals surface area (Å²) in [4.78, 5) is 0. The lowest BCUT2D eigenvalue weighted by atomic mass is 10.2. The van der Waals surface area contributed by atoms with Gasteiger partial charge in [0.05, 0.1) is 18.9 Å². The smallest absolute Gasteiger partial charge is 0.214 e. The number of hydrogen-bond donors (Lipinski definition) is 0. The van der Waals surface area contributed by atoms with Crippen LogP contribution in [0.2, 0.25) is 0 Å². The Hall–Kier alpha value is -1.17. The molecule has 1 aromatic rings. The fourth-order valence-corrected chi connectivity index (χ4v) is 3.13. The van der Waals surface area contributed by atoms with E-state index in [0.29, 0.717) is 6.61 Å². The molecule has 0 spiro atoms. The minimum absolute atomic E-state index is 0.296. The molecule has 0 unspecified atom stereocenters. The molecule has 1 heterocycles. The second-order valence-corrected chi connectivity index (χ2v) is 5.88. The van der Waals surface area contributed by atoms with E-state index in [0.717, 1.165) is 5.56 Å². The van der Waals surface area contributed by atoms with Crippen LogP contribution in [0.15, 0.2) is 43.0 Å². The molecule has 0 saturated carbocycles. The first-order valence-electron chi connectivity index (χ1n) is 5.31. The highest BCUT2D eigenvalue weighted by molar-refractivity contribution is 7.88. The largest absolute Gasteiger partial charge is 0.356 e. The highest BCUT2D eigenvalue weighted by Crippen LogP contribution is 2.33. The van der Waals surface area contributed by atoms with E-state index in [9.17, 15) is 8.42 Å². The van der Waals surface area contributed by atoms with Crippen LogP contribution >= 0.6 is 0 Å². The van der Waals surface area contributed by atoms with Crippen LogP contribution in [0.3, 0.4) is 0 Å². The third kappa shape index (κ3) is 2.41. The van der Waals surface area contributed by atoms with Crippen LogP contribution in [-0.2, 0) is 14.8 Å². The molecule has 1 fully saturated rings. The van der Waals surface area contributed by atoms with Gasteiger partial charge in [-0.15, -0.1) is 6.58 Å². The fourth-order valence-electron chi connectivity index (χ4n) is 1.96. The predicted molar refractivity (Wildman–Crippen MR) is 65.8 cm³/mol. The third-order valence-electron chi connectivity index (χ3n) is 2.72. The number of ether oxygens (including phenoxy) is 1. The van der Waals surface area contributed by atoms with Gasteiger partial charge < -0.3 is 4.74 Å². The van der Waals surface area contributed by atoms with Gasteiger partial charge in [-0.05, 0) is 5.56 Å². The van der Waals surface area contributed by atoms with Crippen molar-refractivity contribution >= 4 is 10.0 Å². The summed E-state index contributed by atoms with van der Waals surface area (Å²) in [7, 11) is -3.32. The van der Waals surface area contributed by atoms with E-state index in [1.165, 1.54) is 10.6 Å². The van der Waals surface area contributed by atoms with Crippen molar-refractivity contribution in [1.29, 1.82) is 0 Å². The number of hydrogen-bond acceptors (Lipinski definition) is 3. The molecule has 17 heavy (non-hydrogen) atoms. The van der Waals surface area contributed by atoms with Crippen molar-refractivity contribution in [1.82, 2.24) is 4.31 Å². The molecule has 0 aromatic heterocycles. The zero-order valence-electron chi connectivity index (χ0n) is 9.61. The van der Waals surface area contributed by atoms with Crippen molar-refractivity contribution in [3.8, 4) is 0 Å². The second-order valence-electron chi connectivity index (χ2n) is 3.99. The monoisotopic (exact) mass is 253 g/mol. The van der Waals surface area contributed by atoms with Gasteiger partial charge >= 0.3 is 0 Å². The van der Waals surface area contributed by atoms with Gasteiger partial charge in [0, 0.05) is 0 Å². The average Bonchev–Trinajstić information content (AvgIpc) is 2.73. The molecule has 1 saturated heterocycles. The van der Waals surface area contributed by atoms with Crippen LogP contribution in [0.5, 0.6) is 0 Å². The summed E-state index contributed by atoms with van der Waals surface area (Å²) < 4.78 is 30.5. The highest BCUT2D eigenvalue weighted by atomic mass is 32.2. The van der Waals surface area contributed by atoms with Gasteiger partial charge in [-0.3, -0.25) is 0 Å². The minimum Gasteiger partial charge on any atom is -0.356 e. The van der Waals surface area contributed by atoms with Crippen LogP contribution < -0.4 is 0 Å². The molecule has 1 aliphatic heterocycles. The van der Waals surface area contributed by atoms with Crippen LogP contribution in [0.1, 0.15) is 11.8 Å². The van der Waals surface area contributed by atoms with E-state index >= 15 is 0 Å². The van der Waals surface area contributed by atoms with Crippen LogP contribution in [-0.4, -0.2) is 31.6 Å². The van der Waals surface area contributed by atoms with Crippen molar-refractivity contribution in [3.63, 3.8) is 0 Å². The molecule has 1 aliphatic rings. The lowest BCUT2D eigenvalue weighted by Crippen LogP contribution is -2.36. The summed E-state index contributed by atoms with van der Waals surface area (Å²) in [6.45, 7) is 3.99. The summed E-state index contributed by atoms with van der Waals surface area (Å²) in [6.07, 6.45) is 2.24. The van der Waals surface area contributed by atoms with E-state index in [4.69, 9.17) is 4.74 Å². The lowest BCUT2D eigenvalue weighted by molar-refractivity contribution is 0.0685. The Labute approximate surface area is 102 Å². The lowest BCUT2D eigenvalue weighted by Gasteiger charge is -2.24. The first kappa shape index (κ1) is 12.3. The molecule has 1 aromatic carbocycles. The maximum Gasteiger partial charge on any atom is 0.214 e.